The fourth-order valence-electron chi connectivity index (χ4n) is 4.03. The summed E-state index contributed by atoms with van der Waals surface area (Å²) < 4.78 is 10.2. The molecule has 10 nitrogen and oxygen atoms in total. The predicted octanol–water partition coefficient (Wildman–Crippen LogP) is 0.732. The molecule has 0 unspecified atom stereocenters. The fourth-order valence-corrected chi connectivity index (χ4v) is 4.03. The molecule has 0 aliphatic carbocycles. The van der Waals surface area contributed by atoms with E-state index in [1.807, 2.05) is 0 Å². The Hall–Kier alpha value is -2.98. The van der Waals surface area contributed by atoms with Crippen LogP contribution in [0.5, 0.6) is 0 Å². The molecule has 0 radical (unpaired) electrons. The number of aliphatic carboxylic acids is 1. The average Bonchev–Trinajstić information content (AvgIpc) is 2.74. The van der Waals surface area contributed by atoms with E-state index in [2.05, 4.69) is 4.74 Å². The van der Waals surface area contributed by atoms with Gasteiger partial charge in [-0.05, 0) is 24.1 Å². The summed E-state index contributed by atoms with van der Waals surface area (Å²) in [5, 5.41) is 20.7. The molecular weight excluding hydrogens is 420 g/mol. The van der Waals surface area contributed by atoms with Gasteiger partial charge in [-0.1, -0.05) is 26.8 Å². The Morgan fingerprint density at radius 2 is 1.91 bits per heavy atom. The summed E-state index contributed by atoms with van der Waals surface area (Å²) in [4.78, 5) is 52.2. The summed E-state index contributed by atoms with van der Waals surface area (Å²) in [5.74, 6) is -3.06. The number of fused-ring (bicyclic) bond motifs is 1. The second kappa shape index (κ2) is 8.51. The highest BCUT2D eigenvalue weighted by Crippen LogP contribution is 2.39. The van der Waals surface area contributed by atoms with Crippen molar-refractivity contribution in [3.05, 3.63) is 23.8 Å². The number of carboxylic acid groups (broad SMARTS) is 1. The lowest BCUT2D eigenvalue weighted by Crippen LogP contribution is -2.66. The monoisotopic (exact) mass is 448 g/mol. The molecule has 1 saturated heterocycles. The van der Waals surface area contributed by atoms with E-state index in [1.54, 1.807) is 18.2 Å². The highest BCUT2D eigenvalue weighted by molar-refractivity contribution is 6.04. The van der Waals surface area contributed by atoms with Crippen molar-refractivity contribution >= 4 is 35.1 Å². The van der Waals surface area contributed by atoms with Crippen LogP contribution in [0.25, 0.3) is 0 Å². The number of aryl methyl sites for hydroxylation is 1. The Bertz CT molecular complexity index is 954. The number of morpholine rings is 1. The first kappa shape index (κ1) is 23.7. The SMILES string of the molecule is COC(=O)CN1C(=O)CCc2ccc(N3CCO[C@H]([C@@](O)(C(=O)O)C(C)(C)C)C3=O)cc21. The van der Waals surface area contributed by atoms with Crippen LogP contribution < -0.4 is 9.80 Å². The molecule has 174 valence electrons. The number of carbonyl (C=O) groups is 4. The van der Waals surface area contributed by atoms with E-state index in [0.29, 0.717) is 17.8 Å². The van der Waals surface area contributed by atoms with Gasteiger partial charge in [0.2, 0.25) is 11.5 Å². The lowest BCUT2D eigenvalue weighted by molar-refractivity contribution is -0.203. The Balaban J connectivity index is 1.98. The molecule has 2 atom stereocenters. The van der Waals surface area contributed by atoms with E-state index in [9.17, 15) is 29.4 Å². The van der Waals surface area contributed by atoms with E-state index >= 15 is 0 Å². The molecule has 0 aromatic heterocycles. The van der Waals surface area contributed by atoms with Crippen molar-refractivity contribution in [2.75, 3.05) is 36.6 Å². The standard InChI is InChI=1S/C22H28N2O8/c1-21(2,3)22(30,20(28)29)18-19(27)23(9-10-32-18)14-7-5-13-6-8-16(25)24(15(13)11-14)12-17(26)31-4/h5,7,11,18,30H,6,8-10,12H2,1-4H3,(H,28,29)/t18-,22+/m0/s1. The van der Waals surface area contributed by atoms with Crippen molar-refractivity contribution in [2.24, 2.45) is 5.41 Å². The highest BCUT2D eigenvalue weighted by atomic mass is 16.5. The van der Waals surface area contributed by atoms with Crippen LogP contribution in [0.15, 0.2) is 18.2 Å². The summed E-state index contributed by atoms with van der Waals surface area (Å²) in [6.45, 7) is 4.46. The van der Waals surface area contributed by atoms with Crippen LogP contribution in [0.1, 0.15) is 32.8 Å². The Labute approximate surface area is 185 Å². The van der Waals surface area contributed by atoms with Gasteiger partial charge in [-0.15, -0.1) is 0 Å². The Kier molecular flexibility index (Phi) is 6.30. The van der Waals surface area contributed by atoms with E-state index < -0.39 is 35.0 Å². The molecule has 10 heteroatoms. The lowest BCUT2D eigenvalue weighted by Gasteiger charge is -2.44. The first-order valence-corrected chi connectivity index (χ1v) is 10.3. The molecule has 2 aliphatic heterocycles. The highest BCUT2D eigenvalue weighted by Gasteiger charge is 2.59. The van der Waals surface area contributed by atoms with Gasteiger partial charge in [0.05, 0.1) is 13.7 Å². The van der Waals surface area contributed by atoms with Crippen LogP contribution >= 0.6 is 0 Å². The third-order valence-corrected chi connectivity index (χ3v) is 6.03. The van der Waals surface area contributed by atoms with Crippen molar-refractivity contribution < 1.29 is 38.9 Å². The number of hydrogen-bond donors (Lipinski definition) is 2. The molecule has 0 spiro atoms. The number of carboxylic acids is 1. The van der Waals surface area contributed by atoms with E-state index in [4.69, 9.17) is 4.74 Å². The molecule has 1 fully saturated rings. The van der Waals surface area contributed by atoms with Crippen molar-refractivity contribution in [1.82, 2.24) is 0 Å². The zero-order valence-corrected chi connectivity index (χ0v) is 18.6. The summed E-state index contributed by atoms with van der Waals surface area (Å²) >= 11 is 0. The number of esters is 1. The average molecular weight is 448 g/mol. The zero-order valence-electron chi connectivity index (χ0n) is 18.6. The van der Waals surface area contributed by atoms with Gasteiger partial charge in [0.1, 0.15) is 6.54 Å². The van der Waals surface area contributed by atoms with E-state index in [1.165, 1.54) is 37.7 Å². The maximum Gasteiger partial charge on any atom is 0.339 e. The maximum atomic E-state index is 13.3. The lowest BCUT2D eigenvalue weighted by atomic mass is 9.72. The molecule has 2 heterocycles. The summed E-state index contributed by atoms with van der Waals surface area (Å²) in [6, 6.07) is 5.08. The van der Waals surface area contributed by atoms with Gasteiger partial charge < -0.3 is 29.5 Å². The number of methoxy groups -OCH3 is 1. The number of rotatable bonds is 5. The molecule has 3 rings (SSSR count). The smallest absolute Gasteiger partial charge is 0.339 e. The molecule has 0 bridgehead atoms. The molecule has 1 aromatic rings. The first-order chi connectivity index (χ1) is 14.9. The first-order valence-electron chi connectivity index (χ1n) is 10.3. The molecule has 0 saturated carbocycles. The van der Waals surface area contributed by atoms with Gasteiger partial charge in [-0.25, -0.2) is 4.79 Å². The normalized spacial score (nSPS) is 21.1. The van der Waals surface area contributed by atoms with Gasteiger partial charge >= 0.3 is 11.9 Å². The third kappa shape index (κ3) is 3.95. The third-order valence-electron chi connectivity index (χ3n) is 6.03. The van der Waals surface area contributed by atoms with Crippen LogP contribution in [-0.4, -0.2) is 72.5 Å². The van der Waals surface area contributed by atoms with Gasteiger partial charge in [0.25, 0.3) is 5.91 Å². The second-order valence-corrected chi connectivity index (χ2v) is 8.93. The minimum Gasteiger partial charge on any atom is -0.479 e. The molecule has 2 aliphatic rings. The van der Waals surface area contributed by atoms with Crippen LogP contribution in [0.4, 0.5) is 11.4 Å². The van der Waals surface area contributed by atoms with Crippen LogP contribution in [0, 0.1) is 5.41 Å². The molecule has 2 amide bonds. The van der Waals surface area contributed by atoms with Crippen LogP contribution in [-0.2, 0) is 35.1 Å². The molecule has 2 N–H and O–H groups in total. The topological polar surface area (TPSA) is 134 Å². The Morgan fingerprint density at radius 1 is 1.22 bits per heavy atom. The number of carbonyl (C=O) groups excluding carboxylic acids is 3. The van der Waals surface area contributed by atoms with E-state index in [-0.39, 0.29) is 32.0 Å². The predicted molar refractivity (Wildman–Crippen MR) is 113 cm³/mol. The van der Waals surface area contributed by atoms with Gasteiger partial charge in [0, 0.05) is 29.8 Å². The van der Waals surface area contributed by atoms with Crippen molar-refractivity contribution in [3.63, 3.8) is 0 Å². The number of aliphatic hydroxyl groups is 1. The van der Waals surface area contributed by atoms with Crippen LogP contribution in [0.3, 0.4) is 0 Å². The van der Waals surface area contributed by atoms with Gasteiger partial charge in [0.15, 0.2) is 6.10 Å². The summed E-state index contributed by atoms with van der Waals surface area (Å²) in [6.07, 6.45) is -0.870. The number of anilines is 2. The number of benzene rings is 1. The number of nitrogens with zero attached hydrogens (tertiary/aromatic N) is 2. The molecular formula is C22H28N2O8. The quantitative estimate of drug-likeness (QED) is 0.630. The van der Waals surface area contributed by atoms with Crippen molar-refractivity contribution in [2.45, 2.75) is 45.3 Å². The zero-order chi connectivity index (χ0) is 23.8. The minimum absolute atomic E-state index is 0.0178. The van der Waals surface area contributed by atoms with Gasteiger partial charge in [-0.2, -0.15) is 0 Å². The maximum absolute atomic E-state index is 13.3. The molecule has 1 aromatic carbocycles. The van der Waals surface area contributed by atoms with Crippen molar-refractivity contribution in [1.29, 1.82) is 0 Å². The second-order valence-electron chi connectivity index (χ2n) is 8.93. The fraction of sp³-hybridized carbons (Fsp3) is 0.545. The Morgan fingerprint density at radius 3 is 2.50 bits per heavy atom. The largest absolute Gasteiger partial charge is 0.479 e. The van der Waals surface area contributed by atoms with Crippen LogP contribution in [0.2, 0.25) is 0 Å². The van der Waals surface area contributed by atoms with E-state index in [0.717, 1.165) is 5.56 Å². The molecule has 32 heavy (non-hydrogen) atoms. The minimum atomic E-state index is -2.45. The van der Waals surface area contributed by atoms with Gasteiger partial charge in [-0.3, -0.25) is 14.4 Å². The summed E-state index contributed by atoms with van der Waals surface area (Å²) in [7, 11) is 1.24. The number of hydrogen-bond acceptors (Lipinski definition) is 7. The number of ether oxygens (including phenoxy) is 2. The summed E-state index contributed by atoms with van der Waals surface area (Å²) in [5.41, 5.74) is -1.91. The van der Waals surface area contributed by atoms with Crippen molar-refractivity contribution in [3.8, 4) is 0 Å². The number of amides is 2.